The SMILES string of the molecule is COc1ccc(CN2C(=O)c3c(c(NC(=O)c4cc(F)cc(C(F)(F)F)c4)cc4nc(NCCO)ccc34)C2c2cc(F)ccc2Cl)cc1. The maximum absolute atomic E-state index is 14.8. The summed E-state index contributed by atoms with van der Waals surface area (Å²) in [4.78, 5) is 34.0. The van der Waals surface area contributed by atoms with E-state index in [1.165, 1.54) is 24.1 Å². The van der Waals surface area contributed by atoms with E-state index in [0.717, 1.165) is 12.1 Å². The van der Waals surface area contributed by atoms with E-state index in [0.29, 0.717) is 34.6 Å². The van der Waals surface area contributed by atoms with Crippen molar-refractivity contribution in [2.75, 3.05) is 30.9 Å². The lowest BCUT2D eigenvalue weighted by molar-refractivity contribution is -0.137. The van der Waals surface area contributed by atoms with Crippen LogP contribution in [0.4, 0.5) is 33.5 Å². The molecule has 49 heavy (non-hydrogen) atoms. The lowest BCUT2D eigenvalue weighted by atomic mass is 9.93. The van der Waals surface area contributed by atoms with E-state index in [-0.39, 0.29) is 58.7 Å². The van der Waals surface area contributed by atoms with Gasteiger partial charge in [-0.05, 0) is 72.3 Å². The van der Waals surface area contributed by atoms with Gasteiger partial charge in [0.25, 0.3) is 11.8 Å². The lowest BCUT2D eigenvalue weighted by Gasteiger charge is -2.28. The lowest BCUT2D eigenvalue weighted by Crippen LogP contribution is -2.28. The minimum absolute atomic E-state index is 0.00764. The Balaban J connectivity index is 1.56. The van der Waals surface area contributed by atoms with Gasteiger partial charge in [0.15, 0.2) is 0 Å². The number of nitrogens with one attached hydrogen (secondary N) is 2. The highest BCUT2D eigenvalue weighted by Crippen LogP contribution is 2.48. The Morgan fingerprint density at radius 1 is 1.00 bits per heavy atom. The van der Waals surface area contributed by atoms with Gasteiger partial charge in [0.2, 0.25) is 0 Å². The van der Waals surface area contributed by atoms with E-state index in [1.54, 1.807) is 36.4 Å². The number of alkyl halides is 3. The van der Waals surface area contributed by atoms with Gasteiger partial charge in [-0.15, -0.1) is 0 Å². The Morgan fingerprint density at radius 3 is 2.45 bits per heavy atom. The van der Waals surface area contributed by atoms with E-state index in [1.807, 2.05) is 0 Å². The first-order chi connectivity index (χ1) is 23.4. The van der Waals surface area contributed by atoms with E-state index >= 15 is 0 Å². The zero-order valence-corrected chi connectivity index (χ0v) is 26.3. The first-order valence-electron chi connectivity index (χ1n) is 14.8. The number of aromatic nitrogens is 1. The third-order valence-corrected chi connectivity index (χ3v) is 8.36. The highest BCUT2D eigenvalue weighted by atomic mass is 35.5. The number of anilines is 2. The molecule has 1 aliphatic heterocycles. The number of aliphatic hydroxyl groups is 1. The average Bonchev–Trinajstić information content (AvgIpc) is 3.36. The highest BCUT2D eigenvalue weighted by Gasteiger charge is 2.43. The second-order valence-corrected chi connectivity index (χ2v) is 11.6. The Bertz CT molecular complexity index is 2090. The molecule has 5 aromatic rings. The van der Waals surface area contributed by atoms with Gasteiger partial charge in [-0.3, -0.25) is 9.59 Å². The molecular weight excluding hydrogens is 671 g/mol. The summed E-state index contributed by atoms with van der Waals surface area (Å²) in [5.74, 6) is -2.68. The summed E-state index contributed by atoms with van der Waals surface area (Å²) in [6.45, 7) is -0.0528. The predicted octanol–water partition coefficient (Wildman–Crippen LogP) is 7.60. The van der Waals surface area contributed by atoms with E-state index < -0.39 is 46.8 Å². The number of carbonyl (C=O) groups excluding carboxylic acids is 2. The fourth-order valence-electron chi connectivity index (χ4n) is 5.82. The summed E-state index contributed by atoms with van der Waals surface area (Å²) >= 11 is 6.62. The molecule has 3 N–H and O–H groups in total. The maximum Gasteiger partial charge on any atom is 0.416 e. The van der Waals surface area contributed by atoms with Crippen LogP contribution in [0.15, 0.2) is 78.9 Å². The Morgan fingerprint density at radius 2 is 1.76 bits per heavy atom. The molecule has 2 amide bonds. The molecule has 1 aromatic heterocycles. The summed E-state index contributed by atoms with van der Waals surface area (Å²) in [6, 6.07) is 15.5. The minimum Gasteiger partial charge on any atom is -0.497 e. The Hall–Kier alpha value is -5.27. The molecule has 8 nitrogen and oxygen atoms in total. The van der Waals surface area contributed by atoms with Gasteiger partial charge < -0.3 is 25.4 Å². The van der Waals surface area contributed by atoms with E-state index in [9.17, 15) is 36.6 Å². The molecule has 2 heterocycles. The van der Waals surface area contributed by atoms with Gasteiger partial charge in [-0.1, -0.05) is 23.7 Å². The number of fused-ring (bicyclic) bond motifs is 3. The molecule has 0 spiro atoms. The normalized spacial score (nSPS) is 14.2. The molecule has 14 heteroatoms. The van der Waals surface area contributed by atoms with Crippen LogP contribution >= 0.6 is 11.6 Å². The van der Waals surface area contributed by atoms with Gasteiger partial charge in [0, 0.05) is 45.9 Å². The van der Waals surface area contributed by atoms with Crippen LogP contribution < -0.4 is 15.4 Å². The number of hydrogen-bond acceptors (Lipinski definition) is 6. The largest absolute Gasteiger partial charge is 0.497 e. The molecule has 1 unspecified atom stereocenters. The topological polar surface area (TPSA) is 104 Å². The molecule has 6 rings (SSSR count). The summed E-state index contributed by atoms with van der Waals surface area (Å²) in [5.41, 5.74) is -0.733. The van der Waals surface area contributed by atoms with Crippen molar-refractivity contribution in [2.24, 2.45) is 0 Å². The van der Waals surface area contributed by atoms with Crippen LogP contribution in [0, 0.1) is 11.6 Å². The summed E-state index contributed by atoms with van der Waals surface area (Å²) in [5, 5.41) is 15.2. The summed E-state index contributed by atoms with van der Waals surface area (Å²) < 4.78 is 74.9. The van der Waals surface area contributed by atoms with Crippen molar-refractivity contribution in [1.29, 1.82) is 0 Å². The van der Waals surface area contributed by atoms with Crippen LogP contribution in [0.3, 0.4) is 0 Å². The van der Waals surface area contributed by atoms with Crippen molar-refractivity contribution < 1.29 is 41.4 Å². The molecule has 252 valence electrons. The van der Waals surface area contributed by atoms with Crippen molar-refractivity contribution in [3.05, 3.63) is 129 Å². The summed E-state index contributed by atoms with van der Waals surface area (Å²) in [7, 11) is 1.51. The number of carbonyl (C=O) groups is 2. The van der Waals surface area contributed by atoms with Crippen LogP contribution in [0.2, 0.25) is 5.02 Å². The fourth-order valence-corrected chi connectivity index (χ4v) is 6.05. The number of methoxy groups -OCH3 is 1. The molecule has 0 fully saturated rings. The molecule has 0 radical (unpaired) electrons. The van der Waals surface area contributed by atoms with Crippen LogP contribution in [0.1, 0.15) is 49.0 Å². The summed E-state index contributed by atoms with van der Waals surface area (Å²) in [6.07, 6.45) is -4.93. The quantitative estimate of drug-likeness (QED) is 0.137. The van der Waals surface area contributed by atoms with Crippen molar-refractivity contribution >= 4 is 45.8 Å². The number of benzene rings is 4. The van der Waals surface area contributed by atoms with Gasteiger partial charge in [0.05, 0.1) is 36.4 Å². The first kappa shape index (κ1) is 33.6. The zero-order chi connectivity index (χ0) is 35.0. The number of rotatable bonds is 9. The van der Waals surface area contributed by atoms with Gasteiger partial charge in [-0.2, -0.15) is 13.2 Å². The number of aliphatic hydroxyl groups excluding tert-OH is 1. The molecule has 4 aromatic carbocycles. The van der Waals surface area contributed by atoms with Crippen molar-refractivity contribution in [2.45, 2.75) is 18.8 Å². The molecular formula is C35H26ClF5N4O4. The van der Waals surface area contributed by atoms with Crippen LogP contribution in [0.25, 0.3) is 10.9 Å². The smallest absolute Gasteiger partial charge is 0.416 e. The molecule has 0 saturated carbocycles. The number of pyridine rings is 1. The maximum atomic E-state index is 14.8. The Labute approximate surface area is 281 Å². The molecule has 0 aliphatic carbocycles. The first-order valence-corrected chi connectivity index (χ1v) is 15.2. The van der Waals surface area contributed by atoms with Crippen LogP contribution in [-0.4, -0.2) is 47.1 Å². The molecule has 0 saturated heterocycles. The van der Waals surface area contributed by atoms with Gasteiger partial charge in [0.1, 0.15) is 23.2 Å². The van der Waals surface area contributed by atoms with Gasteiger partial charge >= 0.3 is 6.18 Å². The zero-order valence-electron chi connectivity index (χ0n) is 25.5. The third kappa shape index (κ3) is 6.72. The third-order valence-electron chi connectivity index (χ3n) is 8.01. The van der Waals surface area contributed by atoms with Crippen molar-refractivity contribution in [1.82, 2.24) is 9.88 Å². The molecule has 1 aliphatic rings. The fraction of sp³-hybridized carbons (Fsp3) is 0.171. The van der Waals surface area contributed by atoms with E-state index in [4.69, 9.17) is 16.3 Å². The Kier molecular flexibility index (Phi) is 9.14. The number of halogens is 6. The average molecular weight is 697 g/mol. The minimum atomic E-state index is -4.93. The van der Waals surface area contributed by atoms with Crippen LogP contribution in [-0.2, 0) is 12.7 Å². The number of ether oxygens (including phenoxy) is 1. The van der Waals surface area contributed by atoms with Crippen molar-refractivity contribution in [3.8, 4) is 5.75 Å². The number of hydrogen-bond donors (Lipinski definition) is 3. The monoisotopic (exact) mass is 696 g/mol. The molecule has 1 atom stereocenters. The second kappa shape index (κ2) is 13.3. The number of nitrogens with zero attached hydrogens (tertiary/aromatic N) is 2. The van der Waals surface area contributed by atoms with E-state index in [2.05, 4.69) is 15.6 Å². The second-order valence-electron chi connectivity index (χ2n) is 11.2. The number of amides is 2. The standard InChI is InChI=1S/C35H26ClF5N4O4/c1-49-23-5-2-18(3-6-23)17-45-32(25-15-21(37)4-8-26(25)36)31-28(44-33(47)19-12-20(35(39,40)41)14-22(38)13-19)16-27-24(30(31)34(45)48)7-9-29(43-27)42-10-11-46/h2-9,12-16,32,46H,10-11,17H2,1H3,(H,42,43)(H,44,47). The van der Waals surface area contributed by atoms with Crippen LogP contribution in [0.5, 0.6) is 5.75 Å². The van der Waals surface area contributed by atoms with Gasteiger partial charge in [-0.25, -0.2) is 13.8 Å². The highest BCUT2D eigenvalue weighted by molar-refractivity contribution is 6.31. The predicted molar refractivity (Wildman–Crippen MR) is 173 cm³/mol. The van der Waals surface area contributed by atoms with Crippen molar-refractivity contribution in [3.63, 3.8) is 0 Å². The molecule has 0 bridgehead atoms.